The van der Waals surface area contributed by atoms with Gasteiger partial charge in [0.05, 0.1) is 12.7 Å². The van der Waals surface area contributed by atoms with Crippen molar-refractivity contribution in [1.82, 2.24) is 0 Å². The topological polar surface area (TPSA) is 49.8 Å². The van der Waals surface area contributed by atoms with E-state index in [0.717, 1.165) is 25.9 Å². The Hall–Kier alpha value is -0.830. The molecule has 13 heavy (non-hydrogen) atoms. The molecule has 1 rings (SSSR count). The molecule has 1 fully saturated rings. The third-order valence-corrected chi connectivity index (χ3v) is 2.10. The monoisotopic (exact) mass is 184 g/mol. The molecule has 0 aromatic rings. The molecule has 0 aromatic heterocycles. The highest BCUT2D eigenvalue weighted by Crippen LogP contribution is 2.17. The first-order valence-corrected chi connectivity index (χ1v) is 4.78. The molecule has 1 atom stereocenters. The van der Waals surface area contributed by atoms with E-state index in [-0.39, 0.29) is 6.10 Å². The van der Waals surface area contributed by atoms with E-state index in [0.29, 0.717) is 12.0 Å². The van der Waals surface area contributed by atoms with Gasteiger partial charge in [0.25, 0.3) is 0 Å². The summed E-state index contributed by atoms with van der Waals surface area (Å²) in [5, 5.41) is 8.82. The van der Waals surface area contributed by atoms with Crippen molar-refractivity contribution in [3.63, 3.8) is 0 Å². The molecule has 1 heterocycles. The summed E-state index contributed by atoms with van der Waals surface area (Å²) in [5.41, 5.74) is 0.539. The highest BCUT2D eigenvalue weighted by molar-refractivity contribution is 5.86. The Kier molecular flexibility index (Phi) is 3.96. The van der Waals surface area contributed by atoms with Crippen molar-refractivity contribution >= 4 is 5.97 Å². The molecule has 1 N–H and O–H groups in total. The second-order valence-electron chi connectivity index (χ2n) is 3.33. The van der Waals surface area contributed by atoms with Crippen LogP contribution in [0.3, 0.4) is 0 Å². The van der Waals surface area contributed by atoms with Gasteiger partial charge in [0.2, 0.25) is 0 Å². The van der Waals surface area contributed by atoms with Gasteiger partial charge in [0.15, 0.2) is 0 Å². The molecule has 1 aliphatic rings. The molecule has 1 unspecified atom stereocenters. The number of epoxide rings is 1. The number of carbonyl (C=O) groups is 1. The lowest BCUT2D eigenvalue weighted by Crippen LogP contribution is -2.01. The predicted molar refractivity (Wildman–Crippen MR) is 49.6 cm³/mol. The summed E-state index contributed by atoms with van der Waals surface area (Å²) in [6.45, 7) is 2.85. The Balaban J connectivity index is 2.34. The second-order valence-corrected chi connectivity index (χ2v) is 3.33. The van der Waals surface area contributed by atoms with Crippen molar-refractivity contribution in [2.45, 2.75) is 38.7 Å². The molecule has 1 aliphatic heterocycles. The fourth-order valence-corrected chi connectivity index (χ4v) is 1.14. The van der Waals surface area contributed by atoms with Crippen LogP contribution in [0.4, 0.5) is 0 Å². The number of ether oxygens (including phenoxy) is 1. The van der Waals surface area contributed by atoms with Crippen molar-refractivity contribution in [2.75, 3.05) is 6.61 Å². The van der Waals surface area contributed by atoms with Gasteiger partial charge in [-0.15, -0.1) is 0 Å². The van der Waals surface area contributed by atoms with Crippen LogP contribution in [0, 0.1) is 0 Å². The fourth-order valence-electron chi connectivity index (χ4n) is 1.14. The number of carboxylic acids is 1. The van der Waals surface area contributed by atoms with E-state index in [4.69, 9.17) is 9.84 Å². The Bertz CT molecular complexity index is 204. The van der Waals surface area contributed by atoms with Gasteiger partial charge >= 0.3 is 5.97 Å². The summed E-state index contributed by atoms with van der Waals surface area (Å²) in [4.78, 5) is 10.7. The van der Waals surface area contributed by atoms with E-state index < -0.39 is 5.97 Å². The number of unbranched alkanes of at least 4 members (excludes halogenated alkanes) is 1. The van der Waals surface area contributed by atoms with Crippen LogP contribution in [-0.4, -0.2) is 23.8 Å². The Morgan fingerprint density at radius 3 is 2.85 bits per heavy atom. The van der Waals surface area contributed by atoms with E-state index in [2.05, 4.69) is 6.92 Å². The van der Waals surface area contributed by atoms with Gasteiger partial charge in [-0.2, -0.15) is 0 Å². The molecule has 74 valence electrons. The Labute approximate surface area is 78.4 Å². The summed E-state index contributed by atoms with van der Waals surface area (Å²) in [7, 11) is 0. The maximum absolute atomic E-state index is 10.7. The second kappa shape index (κ2) is 5.02. The van der Waals surface area contributed by atoms with Gasteiger partial charge in [0, 0.05) is 5.57 Å². The molecule has 3 heteroatoms. The zero-order valence-corrected chi connectivity index (χ0v) is 7.95. The third kappa shape index (κ3) is 4.08. The highest BCUT2D eigenvalue weighted by atomic mass is 16.6. The van der Waals surface area contributed by atoms with Gasteiger partial charge in [-0.3, -0.25) is 0 Å². The molecule has 0 aromatic carbocycles. The molecule has 0 saturated carbocycles. The lowest BCUT2D eigenvalue weighted by atomic mass is 10.1. The molecule has 0 bridgehead atoms. The van der Waals surface area contributed by atoms with Gasteiger partial charge in [0.1, 0.15) is 0 Å². The van der Waals surface area contributed by atoms with Crippen LogP contribution in [0.2, 0.25) is 0 Å². The first-order valence-electron chi connectivity index (χ1n) is 4.78. The quantitative estimate of drug-likeness (QED) is 0.507. The summed E-state index contributed by atoms with van der Waals surface area (Å²) >= 11 is 0. The van der Waals surface area contributed by atoms with Crippen LogP contribution in [-0.2, 0) is 9.53 Å². The smallest absolute Gasteiger partial charge is 0.331 e. The van der Waals surface area contributed by atoms with Crippen LogP contribution in [0.25, 0.3) is 0 Å². The first-order chi connectivity index (χ1) is 6.24. The van der Waals surface area contributed by atoms with E-state index in [1.807, 2.05) is 0 Å². The van der Waals surface area contributed by atoms with Crippen molar-refractivity contribution < 1.29 is 14.6 Å². The minimum Gasteiger partial charge on any atom is -0.478 e. The maximum atomic E-state index is 10.7. The normalized spacial score (nSPS) is 21.6. The number of carboxylic acid groups (broad SMARTS) is 1. The molecule has 3 nitrogen and oxygen atoms in total. The van der Waals surface area contributed by atoms with E-state index in [1.54, 1.807) is 6.08 Å². The number of hydrogen-bond acceptors (Lipinski definition) is 2. The molecule has 0 spiro atoms. The minimum absolute atomic E-state index is 0.288. The van der Waals surface area contributed by atoms with Gasteiger partial charge in [-0.1, -0.05) is 19.4 Å². The van der Waals surface area contributed by atoms with Gasteiger partial charge < -0.3 is 9.84 Å². The lowest BCUT2D eigenvalue weighted by molar-refractivity contribution is -0.132. The van der Waals surface area contributed by atoms with Crippen molar-refractivity contribution in [2.24, 2.45) is 0 Å². The molecule has 0 aliphatic carbocycles. The van der Waals surface area contributed by atoms with Crippen LogP contribution in [0.5, 0.6) is 0 Å². The number of hydrogen-bond donors (Lipinski definition) is 1. The average Bonchev–Trinajstić information content (AvgIpc) is 2.87. The van der Waals surface area contributed by atoms with Crippen LogP contribution >= 0.6 is 0 Å². The largest absolute Gasteiger partial charge is 0.478 e. The van der Waals surface area contributed by atoms with Crippen LogP contribution < -0.4 is 0 Å². The van der Waals surface area contributed by atoms with E-state index in [9.17, 15) is 4.79 Å². The zero-order valence-electron chi connectivity index (χ0n) is 7.95. The first kappa shape index (κ1) is 10.3. The fraction of sp³-hybridized carbons (Fsp3) is 0.700. The molecule has 0 radical (unpaired) electrons. The van der Waals surface area contributed by atoms with Crippen molar-refractivity contribution in [3.8, 4) is 0 Å². The Morgan fingerprint density at radius 1 is 1.69 bits per heavy atom. The maximum Gasteiger partial charge on any atom is 0.331 e. The molecule has 0 amide bonds. The summed E-state index contributed by atoms with van der Waals surface area (Å²) in [6, 6.07) is 0. The highest BCUT2D eigenvalue weighted by Gasteiger charge is 2.21. The van der Waals surface area contributed by atoms with E-state index in [1.165, 1.54) is 0 Å². The molecule has 1 saturated heterocycles. The molecular weight excluding hydrogens is 168 g/mol. The van der Waals surface area contributed by atoms with E-state index >= 15 is 0 Å². The number of rotatable bonds is 6. The standard InChI is InChI=1S/C10H16O3/c1-2-3-4-8(10(11)12)5-6-9-7-13-9/h5,9H,2-4,6-7H2,1H3,(H,11,12). The van der Waals surface area contributed by atoms with Gasteiger partial charge in [-0.25, -0.2) is 4.79 Å². The van der Waals surface area contributed by atoms with Crippen molar-refractivity contribution in [3.05, 3.63) is 11.6 Å². The summed E-state index contributed by atoms with van der Waals surface area (Å²) in [5.74, 6) is -0.783. The molecular formula is C10H16O3. The lowest BCUT2D eigenvalue weighted by Gasteiger charge is -1.99. The minimum atomic E-state index is -0.783. The average molecular weight is 184 g/mol. The van der Waals surface area contributed by atoms with Gasteiger partial charge in [-0.05, 0) is 19.3 Å². The Morgan fingerprint density at radius 2 is 2.38 bits per heavy atom. The van der Waals surface area contributed by atoms with Crippen LogP contribution in [0.1, 0.15) is 32.6 Å². The van der Waals surface area contributed by atoms with Crippen LogP contribution in [0.15, 0.2) is 11.6 Å². The predicted octanol–water partition coefficient (Wildman–Crippen LogP) is 1.98. The summed E-state index contributed by atoms with van der Waals surface area (Å²) < 4.78 is 5.01. The SMILES string of the molecule is CCCCC(=CCC1CO1)C(=O)O. The third-order valence-electron chi connectivity index (χ3n) is 2.10. The zero-order chi connectivity index (χ0) is 9.68. The van der Waals surface area contributed by atoms with Crippen molar-refractivity contribution in [1.29, 1.82) is 0 Å². The number of aliphatic carboxylic acids is 1. The summed E-state index contributed by atoms with van der Waals surface area (Å²) in [6.07, 6.45) is 5.50.